The van der Waals surface area contributed by atoms with Crippen LogP contribution in [0, 0.1) is 0 Å². The first-order chi connectivity index (χ1) is 11.2. The molecule has 5 heteroatoms. The van der Waals surface area contributed by atoms with Gasteiger partial charge in [-0.05, 0) is 17.7 Å². The van der Waals surface area contributed by atoms with Crippen molar-refractivity contribution >= 4 is 17.5 Å². The number of hydrogen-bond donors (Lipinski definition) is 1. The van der Waals surface area contributed by atoms with E-state index in [1.807, 2.05) is 54.6 Å². The molecule has 120 valence electrons. The van der Waals surface area contributed by atoms with E-state index in [1.54, 1.807) is 4.90 Å². The van der Waals surface area contributed by atoms with Crippen LogP contribution in [0.2, 0.25) is 0 Å². The van der Waals surface area contributed by atoms with Crippen molar-refractivity contribution in [3.63, 3.8) is 0 Å². The van der Waals surface area contributed by atoms with Crippen molar-refractivity contribution in [2.24, 2.45) is 0 Å². The van der Waals surface area contributed by atoms with Crippen molar-refractivity contribution < 1.29 is 9.53 Å². The average molecular weight is 311 g/mol. The Hall–Kier alpha value is -2.69. The summed E-state index contributed by atoms with van der Waals surface area (Å²) in [6, 6.07) is 17.5. The fourth-order valence-corrected chi connectivity index (χ4v) is 2.72. The van der Waals surface area contributed by atoms with Crippen molar-refractivity contribution in [1.29, 1.82) is 0 Å². The van der Waals surface area contributed by atoms with Crippen LogP contribution in [0.4, 0.5) is 16.2 Å². The van der Waals surface area contributed by atoms with Crippen LogP contribution in [0.5, 0.6) is 0 Å². The minimum atomic E-state index is -0.255. The predicted molar refractivity (Wildman–Crippen MR) is 91.3 cm³/mol. The van der Waals surface area contributed by atoms with Gasteiger partial charge >= 0.3 is 6.09 Å². The van der Waals surface area contributed by atoms with Gasteiger partial charge in [0.25, 0.3) is 0 Å². The molecule has 1 aliphatic heterocycles. The summed E-state index contributed by atoms with van der Waals surface area (Å²) in [4.78, 5) is 16.1. The lowest BCUT2D eigenvalue weighted by Gasteiger charge is -2.36. The third-order valence-electron chi connectivity index (χ3n) is 4.02. The van der Waals surface area contributed by atoms with Gasteiger partial charge in [0.1, 0.15) is 6.61 Å². The van der Waals surface area contributed by atoms with Crippen molar-refractivity contribution in [3.05, 3.63) is 60.2 Å². The van der Waals surface area contributed by atoms with Crippen LogP contribution < -0.4 is 10.6 Å². The van der Waals surface area contributed by atoms with Gasteiger partial charge in [-0.2, -0.15) is 0 Å². The molecule has 2 aromatic rings. The maximum absolute atomic E-state index is 12.1. The largest absolute Gasteiger partial charge is 0.445 e. The van der Waals surface area contributed by atoms with Gasteiger partial charge in [-0.1, -0.05) is 42.5 Å². The number of anilines is 2. The Bertz CT molecular complexity index is 652. The lowest BCUT2D eigenvalue weighted by Crippen LogP contribution is -2.49. The second-order valence-corrected chi connectivity index (χ2v) is 5.57. The molecular weight excluding hydrogens is 290 g/mol. The summed E-state index contributed by atoms with van der Waals surface area (Å²) in [7, 11) is 0. The highest BCUT2D eigenvalue weighted by atomic mass is 16.6. The molecule has 2 aromatic carbocycles. The molecule has 1 aliphatic rings. The maximum atomic E-state index is 12.1. The molecule has 0 atom stereocenters. The molecule has 0 aromatic heterocycles. The third kappa shape index (κ3) is 3.74. The SMILES string of the molecule is Nc1ccccc1N1CCN(C(=O)OCc2ccccc2)CC1. The number of piperazine rings is 1. The number of ether oxygens (including phenoxy) is 1. The van der Waals surface area contributed by atoms with Gasteiger partial charge in [0, 0.05) is 26.2 Å². The number of nitrogens with two attached hydrogens (primary N) is 1. The van der Waals surface area contributed by atoms with E-state index >= 15 is 0 Å². The van der Waals surface area contributed by atoms with E-state index in [-0.39, 0.29) is 6.09 Å². The molecule has 1 heterocycles. The van der Waals surface area contributed by atoms with Gasteiger partial charge in [0.2, 0.25) is 0 Å². The molecule has 0 spiro atoms. The quantitative estimate of drug-likeness (QED) is 0.886. The highest BCUT2D eigenvalue weighted by molar-refractivity contribution is 5.70. The third-order valence-corrected chi connectivity index (χ3v) is 4.02. The first kappa shape index (κ1) is 15.2. The lowest BCUT2D eigenvalue weighted by molar-refractivity contribution is 0.0942. The number of hydrogen-bond acceptors (Lipinski definition) is 4. The Morgan fingerprint density at radius 1 is 0.957 bits per heavy atom. The number of para-hydroxylation sites is 2. The van der Waals surface area contributed by atoms with Gasteiger partial charge < -0.3 is 20.3 Å². The van der Waals surface area contributed by atoms with Crippen molar-refractivity contribution in [2.75, 3.05) is 36.8 Å². The van der Waals surface area contributed by atoms with Crippen LogP contribution in [-0.2, 0) is 11.3 Å². The Labute approximate surface area is 136 Å². The highest BCUT2D eigenvalue weighted by Crippen LogP contribution is 2.23. The molecule has 3 rings (SSSR count). The van der Waals surface area contributed by atoms with Crippen molar-refractivity contribution in [2.45, 2.75) is 6.61 Å². The molecule has 5 nitrogen and oxygen atoms in total. The molecular formula is C18H21N3O2. The summed E-state index contributed by atoms with van der Waals surface area (Å²) in [5.41, 5.74) is 8.81. The fraction of sp³-hybridized carbons (Fsp3) is 0.278. The summed E-state index contributed by atoms with van der Waals surface area (Å²) < 4.78 is 5.38. The smallest absolute Gasteiger partial charge is 0.410 e. The predicted octanol–water partition coefficient (Wildman–Crippen LogP) is 2.73. The van der Waals surface area contributed by atoms with E-state index in [2.05, 4.69) is 4.90 Å². The zero-order valence-corrected chi connectivity index (χ0v) is 13.0. The summed E-state index contributed by atoms with van der Waals surface area (Å²) in [5, 5.41) is 0. The Kier molecular flexibility index (Phi) is 4.66. The molecule has 1 fully saturated rings. The topological polar surface area (TPSA) is 58.8 Å². The number of nitrogen functional groups attached to an aromatic ring is 1. The van der Waals surface area contributed by atoms with Crippen LogP contribution in [0.3, 0.4) is 0 Å². The summed E-state index contributed by atoms with van der Waals surface area (Å²) in [6.45, 7) is 3.11. The number of rotatable bonds is 3. The van der Waals surface area contributed by atoms with Gasteiger partial charge in [0.15, 0.2) is 0 Å². The van der Waals surface area contributed by atoms with Gasteiger partial charge in [0.05, 0.1) is 11.4 Å². The second kappa shape index (κ2) is 7.05. The van der Waals surface area contributed by atoms with E-state index in [9.17, 15) is 4.79 Å². The molecule has 0 bridgehead atoms. The molecule has 0 aliphatic carbocycles. The molecule has 0 unspecified atom stereocenters. The first-order valence-corrected chi connectivity index (χ1v) is 7.79. The van der Waals surface area contributed by atoms with Crippen LogP contribution >= 0.6 is 0 Å². The number of amides is 1. The van der Waals surface area contributed by atoms with Crippen LogP contribution in [0.1, 0.15) is 5.56 Å². The zero-order valence-electron chi connectivity index (χ0n) is 13.0. The molecule has 2 N–H and O–H groups in total. The first-order valence-electron chi connectivity index (χ1n) is 7.79. The number of benzene rings is 2. The van der Waals surface area contributed by atoms with Gasteiger partial charge in [-0.3, -0.25) is 0 Å². The number of nitrogens with zero attached hydrogens (tertiary/aromatic N) is 2. The molecule has 0 radical (unpaired) electrons. The normalized spacial score (nSPS) is 14.6. The van der Waals surface area contributed by atoms with Crippen LogP contribution in [0.15, 0.2) is 54.6 Å². The standard InChI is InChI=1S/C18H21N3O2/c19-16-8-4-5-9-17(16)20-10-12-21(13-11-20)18(22)23-14-15-6-2-1-3-7-15/h1-9H,10-14,19H2. The fourth-order valence-electron chi connectivity index (χ4n) is 2.72. The van der Waals surface area contributed by atoms with E-state index in [0.717, 1.165) is 30.0 Å². The number of carbonyl (C=O) groups is 1. The second-order valence-electron chi connectivity index (χ2n) is 5.57. The molecule has 0 saturated carbocycles. The van der Waals surface area contributed by atoms with Crippen LogP contribution in [-0.4, -0.2) is 37.2 Å². The average Bonchev–Trinajstić information content (AvgIpc) is 2.61. The van der Waals surface area contributed by atoms with Gasteiger partial charge in [-0.25, -0.2) is 4.79 Å². The van der Waals surface area contributed by atoms with E-state index in [0.29, 0.717) is 19.7 Å². The monoisotopic (exact) mass is 311 g/mol. The minimum absolute atomic E-state index is 0.255. The van der Waals surface area contributed by atoms with E-state index in [1.165, 1.54) is 0 Å². The Morgan fingerprint density at radius 3 is 2.30 bits per heavy atom. The highest BCUT2D eigenvalue weighted by Gasteiger charge is 2.23. The summed E-state index contributed by atoms with van der Waals surface area (Å²) in [5.74, 6) is 0. The zero-order chi connectivity index (χ0) is 16.1. The molecule has 1 amide bonds. The Morgan fingerprint density at radius 2 is 1.61 bits per heavy atom. The van der Waals surface area contributed by atoms with Crippen molar-refractivity contribution in [1.82, 2.24) is 4.90 Å². The summed E-state index contributed by atoms with van der Waals surface area (Å²) >= 11 is 0. The maximum Gasteiger partial charge on any atom is 0.410 e. The van der Waals surface area contributed by atoms with Gasteiger partial charge in [-0.15, -0.1) is 0 Å². The Balaban J connectivity index is 1.50. The van der Waals surface area contributed by atoms with E-state index in [4.69, 9.17) is 10.5 Å². The van der Waals surface area contributed by atoms with Crippen molar-refractivity contribution in [3.8, 4) is 0 Å². The minimum Gasteiger partial charge on any atom is -0.445 e. The van der Waals surface area contributed by atoms with E-state index < -0.39 is 0 Å². The van der Waals surface area contributed by atoms with Crippen LogP contribution in [0.25, 0.3) is 0 Å². The molecule has 23 heavy (non-hydrogen) atoms. The lowest BCUT2D eigenvalue weighted by atomic mass is 10.2. The number of carbonyl (C=O) groups excluding carboxylic acids is 1. The summed E-state index contributed by atoms with van der Waals surface area (Å²) in [6.07, 6.45) is -0.255. The molecule has 1 saturated heterocycles.